The average Bonchev–Trinajstić information content (AvgIpc) is 3.37. The highest BCUT2D eigenvalue weighted by molar-refractivity contribution is 7.14. The van der Waals surface area contributed by atoms with Gasteiger partial charge in [0.15, 0.2) is 5.78 Å². The Kier molecular flexibility index (Phi) is 6.10. The first-order valence-corrected chi connectivity index (χ1v) is 11.3. The zero-order valence-electron chi connectivity index (χ0n) is 16.6. The van der Waals surface area contributed by atoms with E-state index in [1.165, 1.54) is 49.1 Å². The largest absolute Gasteiger partial charge is 0.346 e. The van der Waals surface area contributed by atoms with Gasteiger partial charge in [0.05, 0.1) is 17.1 Å². The van der Waals surface area contributed by atoms with E-state index in [1.54, 1.807) is 11.3 Å². The first-order chi connectivity index (χ1) is 13.7. The van der Waals surface area contributed by atoms with Gasteiger partial charge >= 0.3 is 0 Å². The van der Waals surface area contributed by atoms with Crippen molar-refractivity contribution in [1.82, 2.24) is 15.1 Å². The number of rotatable bonds is 7. The molecule has 28 heavy (non-hydrogen) atoms. The van der Waals surface area contributed by atoms with Crippen LogP contribution in [-0.4, -0.2) is 27.4 Å². The number of hydrogen-bond acceptors (Lipinski definition) is 4. The molecule has 5 heteroatoms. The van der Waals surface area contributed by atoms with Crippen molar-refractivity contribution in [2.24, 2.45) is 5.92 Å². The van der Waals surface area contributed by atoms with Gasteiger partial charge in [0.25, 0.3) is 0 Å². The van der Waals surface area contributed by atoms with E-state index >= 15 is 0 Å². The molecule has 1 aliphatic heterocycles. The quantitative estimate of drug-likeness (QED) is 0.609. The zero-order valence-corrected chi connectivity index (χ0v) is 17.4. The predicted molar refractivity (Wildman–Crippen MR) is 115 cm³/mol. The van der Waals surface area contributed by atoms with Crippen LogP contribution in [0.1, 0.15) is 70.9 Å². The Morgan fingerprint density at radius 1 is 1.29 bits per heavy atom. The standard InChI is InChI=1S/C23H29N3OS/c1-17-9-12-23(28-17)22(27)16-26-13-5-8-19(15-26)21-14-20(24-25-21)11-10-18-6-3-2-4-7-18/h5,9,12-15,18H,2-4,6-8,10-11,16H2,1H3,(H,24,25). The van der Waals surface area contributed by atoms with Crippen LogP contribution in [0.15, 0.2) is 36.7 Å². The number of thiophene rings is 1. The fourth-order valence-corrected chi connectivity index (χ4v) is 5.00. The number of ketones is 1. The summed E-state index contributed by atoms with van der Waals surface area (Å²) in [5.41, 5.74) is 3.40. The molecule has 0 saturated heterocycles. The monoisotopic (exact) mass is 395 g/mol. The van der Waals surface area contributed by atoms with Crippen LogP contribution in [0.25, 0.3) is 5.57 Å². The number of carbonyl (C=O) groups excluding carboxylic acids is 1. The molecule has 0 spiro atoms. The summed E-state index contributed by atoms with van der Waals surface area (Å²) in [4.78, 5) is 16.5. The molecule has 4 rings (SSSR count). The number of aromatic amines is 1. The van der Waals surface area contributed by atoms with Crippen molar-refractivity contribution in [1.29, 1.82) is 0 Å². The molecular weight excluding hydrogens is 366 g/mol. The van der Waals surface area contributed by atoms with Crippen LogP contribution in [0, 0.1) is 12.8 Å². The van der Waals surface area contributed by atoms with Crippen molar-refractivity contribution >= 4 is 22.7 Å². The Labute approximate surface area is 171 Å². The Balaban J connectivity index is 1.35. The van der Waals surface area contributed by atoms with Gasteiger partial charge < -0.3 is 4.90 Å². The van der Waals surface area contributed by atoms with Crippen molar-refractivity contribution in [3.05, 3.63) is 57.8 Å². The maximum Gasteiger partial charge on any atom is 0.192 e. The van der Waals surface area contributed by atoms with Crippen LogP contribution >= 0.6 is 11.3 Å². The highest BCUT2D eigenvalue weighted by atomic mass is 32.1. The van der Waals surface area contributed by atoms with Crippen molar-refractivity contribution in [2.45, 2.75) is 58.3 Å². The van der Waals surface area contributed by atoms with Gasteiger partial charge in [-0.1, -0.05) is 38.2 Å². The normalized spacial score (nSPS) is 17.8. The summed E-state index contributed by atoms with van der Waals surface area (Å²) < 4.78 is 0. The lowest BCUT2D eigenvalue weighted by atomic mass is 9.86. The van der Waals surface area contributed by atoms with E-state index in [1.807, 2.05) is 30.2 Å². The molecule has 1 aliphatic carbocycles. The molecule has 2 aliphatic rings. The molecule has 1 saturated carbocycles. The van der Waals surface area contributed by atoms with E-state index in [0.717, 1.165) is 34.9 Å². The topological polar surface area (TPSA) is 49.0 Å². The van der Waals surface area contributed by atoms with E-state index in [-0.39, 0.29) is 5.78 Å². The lowest BCUT2D eigenvalue weighted by Gasteiger charge is -2.20. The number of Topliss-reactive ketones (excluding diaryl/α,β-unsaturated/α-hetero) is 1. The van der Waals surface area contributed by atoms with Crippen molar-refractivity contribution in [2.75, 3.05) is 6.54 Å². The number of aryl methyl sites for hydroxylation is 2. The van der Waals surface area contributed by atoms with E-state index in [0.29, 0.717) is 6.54 Å². The molecule has 0 aromatic carbocycles. The molecule has 0 atom stereocenters. The molecule has 0 bridgehead atoms. The van der Waals surface area contributed by atoms with Gasteiger partial charge in [-0.05, 0) is 55.9 Å². The number of aromatic nitrogens is 2. The number of hydrogen-bond donors (Lipinski definition) is 1. The third-order valence-corrected chi connectivity index (χ3v) is 6.85. The van der Waals surface area contributed by atoms with Gasteiger partial charge in [0, 0.05) is 23.0 Å². The van der Waals surface area contributed by atoms with Crippen LogP contribution in [0.3, 0.4) is 0 Å². The number of allylic oxidation sites excluding steroid dienone is 2. The van der Waals surface area contributed by atoms with Crippen LogP contribution in [0.4, 0.5) is 0 Å². The van der Waals surface area contributed by atoms with Crippen LogP contribution in [0.2, 0.25) is 0 Å². The van der Waals surface area contributed by atoms with Gasteiger partial charge in [-0.2, -0.15) is 5.10 Å². The zero-order chi connectivity index (χ0) is 19.3. The second-order valence-electron chi connectivity index (χ2n) is 8.07. The maximum atomic E-state index is 12.5. The summed E-state index contributed by atoms with van der Waals surface area (Å²) in [6, 6.07) is 6.12. The lowest BCUT2D eigenvalue weighted by molar-refractivity contribution is 0.0973. The minimum atomic E-state index is 0.162. The summed E-state index contributed by atoms with van der Waals surface area (Å²) >= 11 is 1.56. The molecule has 0 amide bonds. The van der Waals surface area contributed by atoms with Crippen molar-refractivity contribution in [3.8, 4) is 0 Å². The molecule has 148 valence electrons. The molecule has 0 radical (unpaired) electrons. The fraction of sp³-hybridized carbons (Fsp3) is 0.478. The highest BCUT2D eigenvalue weighted by Crippen LogP contribution is 2.28. The average molecular weight is 396 g/mol. The SMILES string of the molecule is Cc1ccc(C(=O)CN2C=CCC(c3cc(CCC4CCCCC4)[nH]n3)=C2)s1. The van der Waals surface area contributed by atoms with E-state index < -0.39 is 0 Å². The maximum absolute atomic E-state index is 12.5. The fourth-order valence-electron chi connectivity index (χ4n) is 4.20. The Morgan fingerprint density at radius 2 is 2.14 bits per heavy atom. The molecular formula is C23H29N3OS. The second-order valence-corrected chi connectivity index (χ2v) is 9.36. The third kappa shape index (κ3) is 4.82. The Morgan fingerprint density at radius 3 is 2.93 bits per heavy atom. The molecule has 1 fully saturated rings. The molecule has 2 aromatic rings. The van der Waals surface area contributed by atoms with Gasteiger partial charge in [-0.3, -0.25) is 9.89 Å². The van der Waals surface area contributed by atoms with Gasteiger partial charge in [0.1, 0.15) is 0 Å². The van der Waals surface area contributed by atoms with Crippen molar-refractivity contribution in [3.63, 3.8) is 0 Å². The predicted octanol–water partition coefficient (Wildman–Crippen LogP) is 5.74. The highest BCUT2D eigenvalue weighted by Gasteiger charge is 2.17. The Hall–Kier alpha value is -2.14. The molecule has 3 heterocycles. The number of carbonyl (C=O) groups is 1. The number of nitrogens with zero attached hydrogens (tertiary/aromatic N) is 2. The minimum absolute atomic E-state index is 0.162. The first-order valence-electron chi connectivity index (χ1n) is 10.4. The smallest absolute Gasteiger partial charge is 0.192 e. The molecule has 4 nitrogen and oxygen atoms in total. The number of H-pyrrole nitrogens is 1. The van der Waals surface area contributed by atoms with Crippen LogP contribution in [0.5, 0.6) is 0 Å². The van der Waals surface area contributed by atoms with Gasteiger partial charge in [-0.15, -0.1) is 11.3 Å². The lowest BCUT2D eigenvalue weighted by Crippen LogP contribution is -2.21. The summed E-state index contributed by atoms with van der Waals surface area (Å²) in [5, 5.41) is 7.77. The van der Waals surface area contributed by atoms with Crippen LogP contribution < -0.4 is 0 Å². The summed E-state index contributed by atoms with van der Waals surface area (Å²) in [6.45, 7) is 2.41. The molecule has 1 N–H and O–H groups in total. The Bertz CT molecular complexity index is 870. The van der Waals surface area contributed by atoms with E-state index in [4.69, 9.17) is 0 Å². The molecule has 0 unspecified atom stereocenters. The van der Waals surface area contributed by atoms with E-state index in [9.17, 15) is 4.79 Å². The number of nitrogens with one attached hydrogen (secondary N) is 1. The summed E-state index contributed by atoms with van der Waals surface area (Å²) in [7, 11) is 0. The van der Waals surface area contributed by atoms with Gasteiger partial charge in [0.2, 0.25) is 0 Å². The molecule has 2 aromatic heterocycles. The second kappa shape index (κ2) is 8.91. The van der Waals surface area contributed by atoms with Gasteiger partial charge in [-0.25, -0.2) is 0 Å². The van der Waals surface area contributed by atoms with Crippen LogP contribution in [-0.2, 0) is 6.42 Å². The minimum Gasteiger partial charge on any atom is -0.346 e. The third-order valence-electron chi connectivity index (χ3n) is 5.80. The summed E-state index contributed by atoms with van der Waals surface area (Å²) in [6.07, 6.45) is 16.4. The van der Waals surface area contributed by atoms with Crippen molar-refractivity contribution < 1.29 is 4.79 Å². The van der Waals surface area contributed by atoms with E-state index in [2.05, 4.69) is 28.5 Å². The summed E-state index contributed by atoms with van der Waals surface area (Å²) in [5.74, 6) is 1.05. The first kappa shape index (κ1) is 19.2.